The first-order valence-corrected chi connectivity index (χ1v) is 6.85. The Kier molecular flexibility index (Phi) is 4.33. The van der Waals surface area contributed by atoms with Crippen molar-refractivity contribution in [3.8, 4) is 0 Å². The summed E-state index contributed by atoms with van der Waals surface area (Å²) in [6.07, 6.45) is 0.846. The summed E-state index contributed by atoms with van der Waals surface area (Å²) < 4.78 is 0. The molecule has 2 aromatic rings. The van der Waals surface area contributed by atoms with Gasteiger partial charge in [0.2, 0.25) is 0 Å². The van der Waals surface area contributed by atoms with Gasteiger partial charge in [0.25, 0.3) is 0 Å². The predicted octanol–water partition coefficient (Wildman–Crippen LogP) is 3.64. The molecule has 2 nitrogen and oxygen atoms in total. The zero-order chi connectivity index (χ0) is 13.8. The molecule has 2 heteroatoms. The second-order valence-electron chi connectivity index (χ2n) is 5.45. The Labute approximate surface area is 114 Å². The van der Waals surface area contributed by atoms with Gasteiger partial charge < -0.3 is 5.73 Å². The highest BCUT2D eigenvalue weighted by Crippen LogP contribution is 2.23. The van der Waals surface area contributed by atoms with Crippen molar-refractivity contribution in [2.45, 2.75) is 20.3 Å². The Bertz CT molecular complexity index is 569. The first-order valence-electron chi connectivity index (χ1n) is 6.85. The van der Waals surface area contributed by atoms with E-state index in [4.69, 9.17) is 5.73 Å². The maximum absolute atomic E-state index is 12.6. The van der Waals surface area contributed by atoms with Crippen molar-refractivity contribution in [2.75, 3.05) is 6.54 Å². The molecule has 0 amide bonds. The van der Waals surface area contributed by atoms with Gasteiger partial charge in [0.1, 0.15) is 0 Å². The van der Waals surface area contributed by atoms with Gasteiger partial charge in [0.05, 0.1) is 0 Å². The molecule has 0 heterocycles. The van der Waals surface area contributed by atoms with Gasteiger partial charge >= 0.3 is 0 Å². The maximum Gasteiger partial charge on any atom is 0.167 e. The van der Waals surface area contributed by atoms with Gasteiger partial charge in [-0.2, -0.15) is 0 Å². The van der Waals surface area contributed by atoms with Gasteiger partial charge in [-0.25, -0.2) is 0 Å². The van der Waals surface area contributed by atoms with Crippen molar-refractivity contribution in [1.29, 1.82) is 0 Å². The van der Waals surface area contributed by atoms with E-state index < -0.39 is 0 Å². The minimum Gasteiger partial charge on any atom is -0.330 e. The van der Waals surface area contributed by atoms with E-state index in [0.717, 1.165) is 22.8 Å². The largest absolute Gasteiger partial charge is 0.330 e. The lowest BCUT2D eigenvalue weighted by atomic mass is 9.88. The van der Waals surface area contributed by atoms with Crippen LogP contribution in [-0.2, 0) is 0 Å². The molecule has 0 saturated heterocycles. The summed E-state index contributed by atoms with van der Waals surface area (Å²) in [5, 5.41) is 2.13. The molecule has 2 aromatic carbocycles. The SMILES string of the molecule is CC(C)CC(CN)C(=O)c1cccc2ccccc12. The van der Waals surface area contributed by atoms with Gasteiger partial charge in [-0.3, -0.25) is 4.79 Å². The molecule has 0 aliphatic heterocycles. The fraction of sp³-hybridized carbons (Fsp3) is 0.353. The van der Waals surface area contributed by atoms with Crippen LogP contribution in [0.2, 0.25) is 0 Å². The fourth-order valence-electron chi connectivity index (χ4n) is 2.54. The lowest BCUT2D eigenvalue weighted by molar-refractivity contribution is 0.0910. The van der Waals surface area contributed by atoms with E-state index >= 15 is 0 Å². The van der Waals surface area contributed by atoms with Crippen molar-refractivity contribution in [2.24, 2.45) is 17.6 Å². The number of fused-ring (bicyclic) bond motifs is 1. The Balaban J connectivity index is 2.40. The minimum atomic E-state index is -0.0780. The fourth-order valence-corrected chi connectivity index (χ4v) is 2.54. The summed E-state index contributed by atoms with van der Waals surface area (Å²) >= 11 is 0. The summed E-state index contributed by atoms with van der Waals surface area (Å²) in [6, 6.07) is 13.9. The average Bonchev–Trinajstić information content (AvgIpc) is 2.43. The molecule has 0 spiro atoms. The second-order valence-corrected chi connectivity index (χ2v) is 5.45. The van der Waals surface area contributed by atoms with E-state index in [1.165, 1.54) is 0 Å². The van der Waals surface area contributed by atoms with Crippen molar-refractivity contribution >= 4 is 16.6 Å². The Morgan fingerprint density at radius 1 is 1.11 bits per heavy atom. The third-order valence-electron chi connectivity index (χ3n) is 3.47. The molecule has 2 N–H and O–H groups in total. The Hall–Kier alpha value is -1.67. The normalized spacial score (nSPS) is 12.8. The van der Waals surface area contributed by atoms with Crippen LogP contribution in [0.4, 0.5) is 0 Å². The number of carbonyl (C=O) groups is 1. The van der Waals surface area contributed by atoms with Crippen LogP contribution in [-0.4, -0.2) is 12.3 Å². The smallest absolute Gasteiger partial charge is 0.167 e. The Morgan fingerprint density at radius 2 is 1.79 bits per heavy atom. The molecule has 0 aliphatic rings. The minimum absolute atomic E-state index is 0.0780. The van der Waals surface area contributed by atoms with Crippen LogP contribution < -0.4 is 5.73 Å². The third kappa shape index (κ3) is 3.02. The van der Waals surface area contributed by atoms with Gasteiger partial charge in [0.15, 0.2) is 5.78 Å². The summed E-state index contributed by atoms with van der Waals surface area (Å²) in [4.78, 5) is 12.6. The van der Waals surface area contributed by atoms with E-state index in [-0.39, 0.29) is 11.7 Å². The van der Waals surface area contributed by atoms with Crippen molar-refractivity contribution in [1.82, 2.24) is 0 Å². The first kappa shape index (κ1) is 13.8. The summed E-state index contributed by atoms with van der Waals surface area (Å²) in [5.74, 6) is 0.575. The van der Waals surface area contributed by atoms with E-state index in [0.29, 0.717) is 12.5 Å². The topological polar surface area (TPSA) is 43.1 Å². The molecule has 0 saturated carbocycles. The molecule has 0 aliphatic carbocycles. The van der Waals surface area contributed by atoms with Crippen molar-refractivity contribution in [3.05, 3.63) is 48.0 Å². The lowest BCUT2D eigenvalue weighted by Gasteiger charge is -2.17. The summed E-state index contributed by atoms with van der Waals surface area (Å²) in [6.45, 7) is 4.66. The Morgan fingerprint density at radius 3 is 2.47 bits per heavy atom. The zero-order valence-corrected chi connectivity index (χ0v) is 11.6. The van der Waals surface area contributed by atoms with E-state index in [2.05, 4.69) is 13.8 Å². The average molecular weight is 255 g/mol. The molecule has 0 bridgehead atoms. The third-order valence-corrected chi connectivity index (χ3v) is 3.47. The number of hydrogen-bond acceptors (Lipinski definition) is 2. The quantitative estimate of drug-likeness (QED) is 0.829. The van der Waals surface area contributed by atoms with Gasteiger partial charge in [-0.05, 0) is 23.1 Å². The van der Waals surface area contributed by atoms with Crippen LogP contribution in [0.1, 0.15) is 30.6 Å². The standard InChI is InChI=1S/C17H21NO/c1-12(2)10-14(11-18)17(19)16-9-5-7-13-6-3-4-8-15(13)16/h3-9,12,14H,10-11,18H2,1-2H3. The van der Waals surface area contributed by atoms with Gasteiger partial charge in [-0.1, -0.05) is 56.3 Å². The highest BCUT2D eigenvalue weighted by Gasteiger charge is 2.21. The monoisotopic (exact) mass is 255 g/mol. The van der Waals surface area contributed by atoms with Crippen LogP contribution in [0.5, 0.6) is 0 Å². The molecule has 100 valence electrons. The molecule has 0 fully saturated rings. The number of Topliss-reactive ketones (excluding diaryl/α,β-unsaturated/α-hetero) is 1. The van der Waals surface area contributed by atoms with E-state index in [9.17, 15) is 4.79 Å². The summed E-state index contributed by atoms with van der Waals surface area (Å²) in [5.41, 5.74) is 6.58. The van der Waals surface area contributed by atoms with Crippen molar-refractivity contribution in [3.63, 3.8) is 0 Å². The first-order chi connectivity index (χ1) is 9.13. The highest BCUT2D eigenvalue weighted by molar-refractivity contribution is 6.09. The van der Waals surface area contributed by atoms with Crippen molar-refractivity contribution < 1.29 is 4.79 Å². The molecular formula is C17H21NO. The maximum atomic E-state index is 12.6. The molecular weight excluding hydrogens is 234 g/mol. The van der Waals surface area contributed by atoms with Crippen LogP contribution in [0, 0.1) is 11.8 Å². The zero-order valence-electron chi connectivity index (χ0n) is 11.6. The molecule has 1 unspecified atom stereocenters. The number of rotatable bonds is 5. The predicted molar refractivity (Wildman–Crippen MR) is 80.3 cm³/mol. The van der Waals surface area contributed by atoms with Gasteiger partial charge in [-0.15, -0.1) is 0 Å². The van der Waals surface area contributed by atoms with Crippen LogP contribution in [0.15, 0.2) is 42.5 Å². The molecule has 2 rings (SSSR count). The van der Waals surface area contributed by atoms with Gasteiger partial charge in [0, 0.05) is 18.0 Å². The lowest BCUT2D eigenvalue weighted by Crippen LogP contribution is -2.25. The molecule has 0 aromatic heterocycles. The van der Waals surface area contributed by atoms with Crippen LogP contribution in [0.3, 0.4) is 0 Å². The summed E-state index contributed by atoms with van der Waals surface area (Å²) in [7, 11) is 0. The second kappa shape index (κ2) is 5.98. The number of ketones is 1. The highest BCUT2D eigenvalue weighted by atomic mass is 16.1. The molecule has 0 radical (unpaired) electrons. The molecule has 1 atom stereocenters. The van der Waals surface area contributed by atoms with E-state index in [1.54, 1.807) is 0 Å². The van der Waals surface area contributed by atoms with Crippen LogP contribution >= 0.6 is 0 Å². The number of benzene rings is 2. The molecule has 19 heavy (non-hydrogen) atoms. The van der Waals surface area contributed by atoms with E-state index in [1.807, 2.05) is 42.5 Å². The number of nitrogens with two attached hydrogens (primary N) is 1. The van der Waals surface area contributed by atoms with Crippen LogP contribution in [0.25, 0.3) is 10.8 Å². The number of hydrogen-bond donors (Lipinski definition) is 1. The number of carbonyl (C=O) groups excluding carboxylic acids is 1.